The first-order valence-corrected chi connectivity index (χ1v) is 14.8. The molecule has 5 nitrogen and oxygen atoms in total. The van der Waals surface area contributed by atoms with Crippen LogP contribution in [0.1, 0.15) is 77.0 Å². The molecule has 8 aliphatic rings. The molecule has 6 heteroatoms. The maximum Gasteiger partial charge on any atom is 0.231 e. The van der Waals surface area contributed by atoms with Crippen LogP contribution in [0.15, 0.2) is 17.0 Å². The zero-order chi connectivity index (χ0) is 23.1. The maximum absolute atomic E-state index is 13.6. The standard InChI is InChI=1S/C28H37N3O2S/c1-34-22-8-23(30-25(32)27-10-16-2-17(11-27)4-18(3-16)12-27)29-24(9-22)31-26(33)28-13-19-5-20(14-28)7-21(6-19)15-28/h8-9,16-21H,2-7,10-15H2,1H3,(H2,29,30,31,32,33). The summed E-state index contributed by atoms with van der Waals surface area (Å²) in [4.78, 5) is 32.9. The van der Waals surface area contributed by atoms with E-state index in [0.717, 1.165) is 78.9 Å². The number of nitrogens with one attached hydrogen (secondary N) is 2. The van der Waals surface area contributed by atoms with Gasteiger partial charge in [-0.05, 0) is 131 Å². The van der Waals surface area contributed by atoms with Gasteiger partial charge in [0.1, 0.15) is 11.6 Å². The van der Waals surface area contributed by atoms with Crippen molar-refractivity contribution in [1.82, 2.24) is 4.98 Å². The van der Waals surface area contributed by atoms with E-state index in [4.69, 9.17) is 4.98 Å². The first kappa shape index (κ1) is 21.7. The second-order valence-electron chi connectivity index (χ2n) is 13.1. The Kier molecular flexibility index (Phi) is 4.93. The maximum atomic E-state index is 13.6. The van der Waals surface area contributed by atoms with E-state index in [1.807, 2.05) is 18.4 Å². The van der Waals surface area contributed by atoms with Gasteiger partial charge in [0, 0.05) is 4.90 Å². The Labute approximate surface area is 207 Å². The minimum Gasteiger partial charge on any atom is -0.310 e. The van der Waals surface area contributed by atoms with E-state index in [-0.39, 0.29) is 22.6 Å². The number of nitrogens with zero attached hydrogens (tertiary/aromatic N) is 1. The molecule has 8 fully saturated rings. The molecule has 0 spiro atoms. The Balaban J connectivity index is 1.10. The van der Waals surface area contributed by atoms with Crippen LogP contribution in [0.3, 0.4) is 0 Å². The Hall–Kier alpha value is -1.56. The lowest BCUT2D eigenvalue weighted by molar-refractivity contribution is -0.140. The largest absolute Gasteiger partial charge is 0.310 e. The summed E-state index contributed by atoms with van der Waals surface area (Å²) < 4.78 is 0. The third-order valence-electron chi connectivity index (χ3n) is 10.6. The summed E-state index contributed by atoms with van der Waals surface area (Å²) in [6.45, 7) is 0. The van der Waals surface area contributed by atoms with Crippen molar-refractivity contribution in [2.75, 3.05) is 16.9 Å². The number of hydrogen-bond donors (Lipinski definition) is 2. The lowest BCUT2D eigenvalue weighted by atomic mass is 9.49. The number of hydrogen-bond acceptors (Lipinski definition) is 4. The third kappa shape index (κ3) is 3.53. The lowest BCUT2D eigenvalue weighted by Crippen LogP contribution is -2.52. The summed E-state index contributed by atoms with van der Waals surface area (Å²) in [7, 11) is 0. The Morgan fingerprint density at radius 1 is 0.706 bits per heavy atom. The fourth-order valence-corrected chi connectivity index (χ4v) is 10.5. The predicted molar refractivity (Wildman–Crippen MR) is 134 cm³/mol. The monoisotopic (exact) mass is 479 g/mol. The SMILES string of the molecule is CSc1cc(NC(=O)C23CC4CC(CC(C4)C2)C3)nc(NC(=O)C23CC4CC(CC(C4)C2)C3)c1. The number of carbonyl (C=O) groups is 2. The number of rotatable bonds is 5. The van der Waals surface area contributed by atoms with Crippen molar-refractivity contribution in [3.05, 3.63) is 12.1 Å². The van der Waals surface area contributed by atoms with Crippen LogP contribution in [0.2, 0.25) is 0 Å². The third-order valence-corrected chi connectivity index (χ3v) is 11.3. The second kappa shape index (κ2) is 7.72. The number of thioether (sulfide) groups is 1. The molecule has 2 N–H and O–H groups in total. The van der Waals surface area contributed by atoms with Crippen molar-refractivity contribution < 1.29 is 9.59 Å². The Morgan fingerprint density at radius 3 is 1.32 bits per heavy atom. The van der Waals surface area contributed by atoms with Crippen LogP contribution in [0, 0.1) is 46.3 Å². The van der Waals surface area contributed by atoms with Crippen molar-refractivity contribution >= 4 is 35.2 Å². The van der Waals surface area contributed by atoms with Crippen LogP contribution in [0.4, 0.5) is 11.6 Å². The molecule has 8 aliphatic carbocycles. The summed E-state index contributed by atoms with van der Waals surface area (Å²) >= 11 is 1.63. The van der Waals surface area contributed by atoms with Crippen LogP contribution < -0.4 is 10.6 Å². The van der Waals surface area contributed by atoms with Gasteiger partial charge in [-0.15, -0.1) is 11.8 Å². The van der Waals surface area contributed by atoms with Crippen molar-refractivity contribution in [2.45, 2.75) is 81.9 Å². The first-order chi connectivity index (χ1) is 16.4. The van der Waals surface area contributed by atoms with Gasteiger partial charge in [0.25, 0.3) is 0 Å². The summed E-state index contributed by atoms with van der Waals surface area (Å²) in [5.41, 5.74) is -0.400. The molecule has 0 saturated heterocycles. The van der Waals surface area contributed by atoms with E-state index in [2.05, 4.69) is 10.6 Å². The fraction of sp³-hybridized carbons (Fsp3) is 0.750. The van der Waals surface area contributed by atoms with E-state index in [0.29, 0.717) is 11.6 Å². The summed E-state index contributed by atoms with van der Waals surface area (Å²) in [5.74, 6) is 5.91. The first-order valence-electron chi connectivity index (χ1n) is 13.6. The fourth-order valence-electron chi connectivity index (χ4n) is 10.0. The predicted octanol–water partition coefficient (Wildman–Crippen LogP) is 6.11. The van der Waals surface area contributed by atoms with Crippen molar-refractivity contribution in [2.24, 2.45) is 46.3 Å². The van der Waals surface area contributed by atoms with E-state index in [1.165, 1.54) is 38.5 Å². The number of aromatic nitrogens is 1. The number of anilines is 2. The molecule has 1 aromatic heterocycles. The molecule has 8 saturated carbocycles. The summed E-state index contributed by atoms with van der Waals surface area (Å²) in [6.07, 6.45) is 16.3. The van der Waals surface area contributed by atoms with E-state index < -0.39 is 0 Å². The van der Waals surface area contributed by atoms with Crippen molar-refractivity contribution in [1.29, 1.82) is 0 Å². The van der Waals surface area contributed by atoms with Gasteiger partial charge in [-0.3, -0.25) is 9.59 Å². The van der Waals surface area contributed by atoms with Crippen LogP contribution in [0.5, 0.6) is 0 Å². The minimum atomic E-state index is -0.200. The van der Waals surface area contributed by atoms with Gasteiger partial charge in [-0.1, -0.05) is 0 Å². The average Bonchev–Trinajstić information content (AvgIpc) is 2.77. The highest BCUT2D eigenvalue weighted by molar-refractivity contribution is 7.98. The van der Waals surface area contributed by atoms with Gasteiger partial charge in [-0.2, -0.15) is 0 Å². The Bertz CT molecular complexity index is 890. The molecule has 0 radical (unpaired) electrons. The quantitative estimate of drug-likeness (QED) is 0.500. The van der Waals surface area contributed by atoms with Gasteiger partial charge >= 0.3 is 0 Å². The summed E-state index contributed by atoms with van der Waals surface area (Å²) in [6, 6.07) is 3.92. The highest BCUT2D eigenvalue weighted by Crippen LogP contribution is 2.61. The molecule has 9 rings (SSSR count). The molecule has 1 aromatic rings. The number of amides is 2. The average molecular weight is 480 g/mol. The molecule has 8 bridgehead atoms. The zero-order valence-electron chi connectivity index (χ0n) is 20.3. The molecule has 0 aromatic carbocycles. The molecule has 34 heavy (non-hydrogen) atoms. The molecule has 0 aliphatic heterocycles. The van der Waals surface area contributed by atoms with E-state index in [9.17, 15) is 9.59 Å². The smallest absolute Gasteiger partial charge is 0.231 e. The number of pyridine rings is 1. The highest BCUT2D eigenvalue weighted by atomic mass is 32.2. The summed E-state index contributed by atoms with van der Waals surface area (Å²) in [5, 5.41) is 6.42. The van der Waals surface area contributed by atoms with Crippen molar-refractivity contribution in [3.63, 3.8) is 0 Å². The van der Waals surface area contributed by atoms with Gasteiger partial charge < -0.3 is 10.6 Å². The Morgan fingerprint density at radius 2 is 1.03 bits per heavy atom. The van der Waals surface area contributed by atoms with Gasteiger partial charge in [0.05, 0.1) is 10.8 Å². The highest BCUT2D eigenvalue weighted by Gasteiger charge is 2.56. The molecule has 0 unspecified atom stereocenters. The van der Waals surface area contributed by atoms with E-state index >= 15 is 0 Å². The van der Waals surface area contributed by atoms with Crippen LogP contribution in [-0.4, -0.2) is 23.1 Å². The number of carbonyl (C=O) groups excluding carboxylic acids is 2. The molecule has 2 amide bonds. The minimum absolute atomic E-state index is 0.163. The van der Waals surface area contributed by atoms with Crippen molar-refractivity contribution in [3.8, 4) is 0 Å². The van der Waals surface area contributed by atoms with Crippen LogP contribution in [0.25, 0.3) is 0 Å². The molecule has 1 heterocycles. The van der Waals surface area contributed by atoms with Gasteiger partial charge in [0.2, 0.25) is 11.8 Å². The molecular formula is C28H37N3O2S. The molecule has 182 valence electrons. The normalized spacial score (nSPS) is 43.2. The molecule has 0 atom stereocenters. The van der Waals surface area contributed by atoms with Crippen LogP contribution in [-0.2, 0) is 9.59 Å². The van der Waals surface area contributed by atoms with E-state index in [1.54, 1.807) is 11.8 Å². The van der Waals surface area contributed by atoms with Gasteiger partial charge in [0.15, 0.2) is 0 Å². The molecular weight excluding hydrogens is 442 g/mol. The second-order valence-corrected chi connectivity index (χ2v) is 14.0. The van der Waals surface area contributed by atoms with Crippen LogP contribution >= 0.6 is 11.8 Å². The topological polar surface area (TPSA) is 71.1 Å². The zero-order valence-corrected chi connectivity index (χ0v) is 21.1. The van der Waals surface area contributed by atoms with Gasteiger partial charge in [-0.25, -0.2) is 4.98 Å². The lowest BCUT2D eigenvalue weighted by Gasteiger charge is -2.55.